The maximum absolute atomic E-state index is 11.2. The van der Waals surface area contributed by atoms with Crippen LogP contribution in [0.2, 0.25) is 0 Å². The van der Waals surface area contributed by atoms with Crippen LogP contribution in [0.5, 0.6) is 5.75 Å². The van der Waals surface area contributed by atoms with Crippen molar-refractivity contribution in [3.05, 3.63) is 29.8 Å². The summed E-state index contributed by atoms with van der Waals surface area (Å²) in [4.78, 5) is 22.0. The first kappa shape index (κ1) is 12.2. The predicted octanol–water partition coefficient (Wildman–Crippen LogP) is 0.960. The molecule has 0 saturated carbocycles. The van der Waals surface area contributed by atoms with E-state index in [9.17, 15) is 9.59 Å². The molecule has 18 heavy (non-hydrogen) atoms. The van der Waals surface area contributed by atoms with Crippen molar-refractivity contribution in [3.63, 3.8) is 0 Å². The lowest BCUT2D eigenvalue weighted by Crippen LogP contribution is -2.21. The van der Waals surface area contributed by atoms with Gasteiger partial charge in [0.05, 0.1) is 19.2 Å². The maximum Gasteiger partial charge on any atom is 0.407 e. The summed E-state index contributed by atoms with van der Waals surface area (Å²) in [5.41, 5.74) is 0.457. The van der Waals surface area contributed by atoms with Gasteiger partial charge in [-0.1, -0.05) is 0 Å². The fourth-order valence-corrected chi connectivity index (χ4v) is 1.52. The van der Waals surface area contributed by atoms with E-state index in [1.54, 1.807) is 24.3 Å². The second-order valence-electron chi connectivity index (χ2n) is 3.74. The molecular formula is C12H13NO5. The van der Waals surface area contributed by atoms with Gasteiger partial charge < -0.3 is 19.5 Å². The lowest BCUT2D eigenvalue weighted by molar-refractivity contribution is 0.0600. The van der Waals surface area contributed by atoms with Gasteiger partial charge in [-0.15, -0.1) is 0 Å². The molecular weight excluding hydrogens is 238 g/mol. The van der Waals surface area contributed by atoms with E-state index < -0.39 is 12.1 Å². The van der Waals surface area contributed by atoms with Crippen LogP contribution < -0.4 is 10.1 Å². The van der Waals surface area contributed by atoms with Gasteiger partial charge in [0.25, 0.3) is 0 Å². The van der Waals surface area contributed by atoms with Crippen molar-refractivity contribution in [2.75, 3.05) is 20.3 Å². The van der Waals surface area contributed by atoms with Crippen molar-refractivity contribution in [1.29, 1.82) is 0 Å². The molecule has 0 aliphatic carbocycles. The summed E-state index contributed by atoms with van der Waals surface area (Å²) in [5, 5.41) is 2.54. The first-order chi connectivity index (χ1) is 8.69. The molecule has 1 N–H and O–H groups in total. The Labute approximate surface area is 104 Å². The zero-order valence-electron chi connectivity index (χ0n) is 9.84. The summed E-state index contributed by atoms with van der Waals surface area (Å²) >= 11 is 0. The largest absolute Gasteiger partial charge is 0.490 e. The maximum atomic E-state index is 11.2. The molecule has 0 spiro atoms. The van der Waals surface area contributed by atoms with Gasteiger partial charge in [-0.05, 0) is 24.3 Å². The average molecular weight is 251 g/mol. The Morgan fingerprint density at radius 1 is 1.44 bits per heavy atom. The molecule has 1 fully saturated rings. The fourth-order valence-electron chi connectivity index (χ4n) is 1.52. The fraction of sp³-hybridized carbons (Fsp3) is 0.333. The Bertz CT molecular complexity index is 442. The molecule has 1 heterocycles. The van der Waals surface area contributed by atoms with Crippen LogP contribution in [-0.4, -0.2) is 38.4 Å². The highest BCUT2D eigenvalue weighted by molar-refractivity contribution is 5.89. The molecule has 1 saturated heterocycles. The van der Waals surface area contributed by atoms with Gasteiger partial charge in [0, 0.05) is 0 Å². The van der Waals surface area contributed by atoms with Crippen LogP contribution in [0, 0.1) is 0 Å². The van der Waals surface area contributed by atoms with E-state index in [1.165, 1.54) is 7.11 Å². The molecule has 2 rings (SSSR count). The topological polar surface area (TPSA) is 73.9 Å². The number of methoxy groups -OCH3 is 1. The van der Waals surface area contributed by atoms with E-state index in [1.807, 2.05) is 0 Å². The van der Waals surface area contributed by atoms with E-state index in [-0.39, 0.29) is 12.7 Å². The molecule has 0 radical (unpaired) electrons. The smallest absolute Gasteiger partial charge is 0.407 e. The molecule has 1 aromatic carbocycles. The minimum atomic E-state index is -0.426. The predicted molar refractivity (Wildman–Crippen MR) is 61.5 cm³/mol. The third kappa shape index (κ3) is 2.91. The zero-order chi connectivity index (χ0) is 13.0. The summed E-state index contributed by atoms with van der Waals surface area (Å²) < 4.78 is 14.9. The number of alkyl carbamates (subject to hydrolysis) is 1. The molecule has 6 nitrogen and oxygen atoms in total. The van der Waals surface area contributed by atoms with Gasteiger partial charge in [0.1, 0.15) is 12.4 Å². The van der Waals surface area contributed by atoms with E-state index in [4.69, 9.17) is 9.47 Å². The first-order valence-electron chi connectivity index (χ1n) is 5.44. The first-order valence-corrected chi connectivity index (χ1v) is 5.44. The van der Waals surface area contributed by atoms with Gasteiger partial charge in [-0.2, -0.15) is 0 Å². The summed E-state index contributed by atoms with van der Waals surface area (Å²) in [6, 6.07) is 6.55. The van der Waals surface area contributed by atoms with Crippen molar-refractivity contribution < 1.29 is 23.8 Å². The third-order valence-electron chi connectivity index (χ3n) is 2.46. The number of benzene rings is 1. The van der Waals surface area contributed by atoms with Crippen molar-refractivity contribution >= 4 is 12.1 Å². The average Bonchev–Trinajstić information content (AvgIpc) is 2.82. The molecule has 0 bridgehead atoms. The normalized spacial score (nSPS) is 17.8. The van der Waals surface area contributed by atoms with E-state index in [0.717, 1.165) is 0 Å². The molecule has 1 aromatic rings. The number of carbonyl (C=O) groups excluding carboxylic acids is 2. The molecule has 1 atom stereocenters. The van der Waals surface area contributed by atoms with Crippen molar-refractivity contribution in [2.24, 2.45) is 0 Å². The Hall–Kier alpha value is -2.24. The summed E-state index contributed by atoms with van der Waals surface area (Å²) in [6.07, 6.45) is -0.706. The second kappa shape index (κ2) is 5.39. The Balaban J connectivity index is 1.86. The summed E-state index contributed by atoms with van der Waals surface area (Å²) in [5.74, 6) is 0.209. The number of amides is 1. The molecule has 0 aromatic heterocycles. The molecule has 96 valence electrons. The number of hydrogen-bond acceptors (Lipinski definition) is 5. The van der Waals surface area contributed by atoms with Gasteiger partial charge in [-0.25, -0.2) is 9.59 Å². The van der Waals surface area contributed by atoms with Crippen molar-refractivity contribution in [2.45, 2.75) is 6.10 Å². The van der Waals surface area contributed by atoms with Crippen LogP contribution in [0.25, 0.3) is 0 Å². The second-order valence-corrected chi connectivity index (χ2v) is 3.74. The quantitative estimate of drug-likeness (QED) is 0.807. The van der Waals surface area contributed by atoms with Gasteiger partial charge in [-0.3, -0.25) is 0 Å². The van der Waals surface area contributed by atoms with Crippen LogP contribution in [-0.2, 0) is 9.47 Å². The van der Waals surface area contributed by atoms with E-state index in [0.29, 0.717) is 17.9 Å². The number of rotatable bonds is 4. The summed E-state index contributed by atoms with van der Waals surface area (Å²) in [7, 11) is 1.33. The highest BCUT2D eigenvalue weighted by Crippen LogP contribution is 2.14. The van der Waals surface area contributed by atoms with Crippen molar-refractivity contribution in [3.8, 4) is 5.75 Å². The molecule has 0 unspecified atom stereocenters. The van der Waals surface area contributed by atoms with Gasteiger partial charge in [0.15, 0.2) is 6.10 Å². The summed E-state index contributed by atoms with van der Waals surface area (Å²) in [6.45, 7) is 0.718. The highest BCUT2D eigenvalue weighted by atomic mass is 16.6. The number of cyclic esters (lactones) is 1. The van der Waals surface area contributed by atoms with Gasteiger partial charge in [0.2, 0.25) is 0 Å². The molecule has 1 aliphatic heterocycles. The van der Waals surface area contributed by atoms with Crippen LogP contribution in [0.15, 0.2) is 24.3 Å². The standard InChI is InChI=1S/C12H13NO5/c1-16-11(14)8-2-4-9(5-3-8)17-7-10-6-13-12(15)18-10/h2-5,10H,6-7H2,1H3,(H,13,15)/t10-/m1/s1. The number of carbonyl (C=O) groups is 2. The third-order valence-corrected chi connectivity index (χ3v) is 2.46. The highest BCUT2D eigenvalue weighted by Gasteiger charge is 2.22. The van der Waals surface area contributed by atoms with E-state index in [2.05, 4.69) is 10.1 Å². The number of hydrogen-bond donors (Lipinski definition) is 1. The van der Waals surface area contributed by atoms with Gasteiger partial charge >= 0.3 is 12.1 Å². The van der Waals surface area contributed by atoms with Crippen LogP contribution >= 0.6 is 0 Å². The minimum Gasteiger partial charge on any atom is -0.490 e. The minimum absolute atomic E-state index is 0.274. The Morgan fingerprint density at radius 3 is 2.72 bits per heavy atom. The lowest BCUT2D eigenvalue weighted by atomic mass is 10.2. The molecule has 1 amide bonds. The Morgan fingerprint density at radius 2 is 2.17 bits per heavy atom. The molecule has 1 aliphatic rings. The van der Waals surface area contributed by atoms with Crippen LogP contribution in [0.1, 0.15) is 10.4 Å². The zero-order valence-corrected chi connectivity index (χ0v) is 9.84. The van der Waals surface area contributed by atoms with Crippen molar-refractivity contribution in [1.82, 2.24) is 5.32 Å². The van der Waals surface area contributed by atoms with E-state index >= 15 is 0 Å². The number of nitrogens with one attached hydrogen (secondary N) is 1. The monoisotopic (exact) mass is 251 g/mol. The lowest BCUT2D eigenvalue weighted by Gasteiger charge is -2.10. The van der Waals surface area contributed by atoms with Crippen LogP contribution in [0.3, 0.4) is 0 Å². The SMILES string of the molecule is COC(=O)c1ccc(OC[C@H]2CNC(=O)O2)cc1. The molecule has 6 heteroatoms. The number of esters is 1. The Kier molecular flexibility index (Phi) is 3.66. The van der Waals surface area contributed by atoms with Crippen LogP contribution in [0.4, 0.5) is 4.79 Å². The number of ether oxygens (including phenoxy) is 3.